The topological polar surface area (TPSA) is 213 Å². The molecule has 0 aliphatic carbocycles. The molecule has 0 saturated carbocycles. The quantitative estimate of drug-likeness (QED) is 0.149. The van der Waals surface area contributed by atoms with E-state index < -0.39 is 54.5 Å². The Morgan fingerprint density at radius 3 is 2.34 bits per heavy atom. The standard InChI is InChI=1S/C23H34N6O6/c1-13(20(31)28-18(23(34)35)8-4-5-9-24)27-22(33)19(12-30)29-21(32)16(25)10-14-11-26-17-7-3-2-6-15(14)17/h2-3,6-7,11,13,16,18-19,26,30H,4-5,8-10,12,24-25H2,1H3,(H,27,33)(H,28,31)(H,29,32)(H,34,35). The van der Waals surface area contributed by atoms with Gasteiger partial charge in [-0.1, -0.05) is 18.2 Å². The summed E-state index contributed by atoms with van der Waals surface area (Å²) in [6.07, 6.45) is 3.30. The normalized spacial score (nSPS) is 14.5. The molecule has 0 bridgehead atoms. The van der Waals surface area contributed by atoms with E-state index in [0.717, 1.165) is 16.5 Å². The Bertz CT molecular complexity index is 1020. The second-order valence-corrected chi connectivity index (χ2v) is 8.33. The van der Waals surface area contributed by atoms with Crippen molar-refractivity contribution in [3.63, 3.8) is 0 Å². The Labute approximate surface area is 202 Å². The number of aliphatic carboxylic acids is 1. The smallest absolute Gasteiger partial charge is 0.326 e. The highest BCUT2D eigenvalue weighted by Gasteiger charge is 2.28. The third-order valence-electron chi connectivity index (χ3n) is 5.58. The van der Waals surface area contributed by atoms with Gasteiger partial charge in [-0.3, -0.25) is 14.4 Å². The number of fused-ring (bicyclic) bond motifs is 1. The minimum atomic E-state index is -1.34. The predicted molar refractivity (Wildman–Crippen MR) is 129 cm³/mol. The van der Waals surface area contributed by atoms with Crippen molar-refractivity contribution in [2.24, 2.45) is 11.5 Å². The first kappa shape index (κ1) is 27.8. The number of carboxylic acid groups (broad SMARTS) is 1. The Hall–Kier alpha value is -3.48. The molecule has 4 unspecified atom stereocenters. The van der Waals surface area contributed by atoms with Crippen molar-refractivity contribution < 1.29 is 29.4 Å². The summed E-state index contributed by atoms with van der Waals surface area (Å²) in [6.45, 7) is 1.06. The number of nitrogens with two attached hydrogens (primary N) is 2. The predicted octanol–water partition coefficient (Wildman–Crippen LogP) is -1.28. The molecule has 1 heterocycles. The molecule has 10 N–H and O–H groups in total. The zero-order valence-corrected chi connectivity index (χ0v) is 19.6. The van der Waals surface area contributed by atoms with Gasteiger partial charge in [0.1, 0.15) is 18.1 Å². The monoisotopic (exact) mass is 490 g/mol. The third kappa shape index (κ3) is 8.05. The summed E-state index contributed by atoms with van der Waals surface area (Å²) in [5.41, 5.74) is 13.2. The second-order valence-electron chi connectivity index (χ2n) is 8.33. The average Bonchev–Trinajstić information content (AvgIpc) is 3.24. The van der Waals surface area contributed by atoms with Gasteiger partial charge in [-0.05, 0) is 50.8 Å². The number of H-pyrrole nitrogens is 1. The molecule has 0 saturated heterocycles. The number of para-hydroxylation sites is 1. The van der Waals surface area contributed by atoms with Crippen molar-refractivity contribution in [2.45, 2.75) is 56.8 Å². The number of hydrogen-bond acceptors (Lipinski definition) is 7. The summed E-state index contributed by atoms with van der Waals surface area (Å²) in [6, 6.07) is 2.99. The number of amides is 3. The summed E-state index contributed by atoms with van der Waals surface area (Å²) in [4.78, 5) is 51.9. The lowest BCUT2D eigenvalue weighted by atomic mass is 10.0. The number of rotatable bonds is 14. The van der Waals surface area contributed by atoms with Crippen LogP contribution in [-0.2, 0) is 25.6 Å². The van der Waals surface area contributed by atoms with Crippen LogP contribution in [0.4, 0.5) is 0 Å². The van der Waals surface area contributed by atoms with Crippen molar-refractivity contribution in [3.8, 4) is 0 Å². The molecule has 0 aliphatic rings. The number of unbranched alkanes of at least 4 members (excludes halogenated alkanes) is 1. The molecule has 2 aromatic rings. The molecule has 2 rings (SSSR count). The SMILES string of the molecule is CC(NC(=O)C(CO)NC(=O)C(N)Cc1c[nH]c2ccccc12)C(=O)NC(CCCCN)C(=O)O. The second kappa shape index (κ2) is 13.4. The lowest BCUT2D eigenvalue weighted by molar-refractivity contribution is -0.142. The first-order chi connectivity index (χ1) is 16.7. The van der Waals surface area contributed by atoms with Gasteiger partial charge in [0.15, 0.2) is 0 Å². The Kier molecular flexibility index (Phi) is 10.6. The van der Waals surface area contributed by atoms with Crippen LogP contribution >= 0.6 is 0 Å². The molecule has 12 nitrogen and oxygen atoms in total. The van der Waals surface area contributed by atoms with Crippen molar-refractivity contribution in [1.82, 2.24) is 20.9 Å². The number of hydrogen-bond donors (Lipinski definition) is 8. The van der Waals surface area contributed by atoms with Gasteiger partial charge in [-0.15, -0.1) is 0 Å². The van der Waals surface area contributed by atoms with E-state index >= 15 is 0 Å². The third-order valence-corrected chi connectivity index (χ3v) is 5.58. The summed E-state index contributed by atoms with van der Waals surface area (Å²) in [5, 5.41) is 26.9. The molecular weight excluding hydrogens is 456 g/mol. The summed E-state index contributed by atoms with van der Waals surface area (Å²) in [5.74, 6) is -3.36. The number of nitrogens with one attached hydrogen (secondary N) is 4. The Balaban J connectivity index is 1.90. The fourth-order valence-electron chi connectivity index (χ4n) is 3.53. The molecule has 1 aromatic heterocycles. The highest BCUT2D eigenvalue weighted by molar-refractivity contribution is 5.94. The van der Waals surface area contributed by atoms with Gasteiger partial charge in [-0.2, -0.15) is 0 Å². The van der Waals surface area contributed by atoms with Crippen LogP contribution in [0.5, 0.6) is 0 Å². The molecular formula is C23H34N6O6. The van der Waals surface area contributed by atoms with E-state index in [9.17, 15) is 29.4 Å². The number of benzene rings is 1. The zero-order valence-electron chi connectivity index (χ0n) is 19.6. The highest BCUT2D eigenvalue weighted by Crippen LogP contribution is 2.18. The first-order valence-corrected chi connectivity index (χ1v) is 11.4. The van der Waals surface area contributed by atoms with Crippen molar-refractivity contribution in [3.05, 3.63) is 36.0 Å². The van der Waals surface area contributed by atoms with Crippen LogP contribution in [0.25, 0.3) is 10.9 Å². The number of aromatic nitrogens is 1. The first-order valence-electron chi connectivity index (χ1n) is 11.4. The molecule has 35 heavy (non-hydrogen) atoms. The molecule has 0 radical (unpaired) electrons. The van der Waals surface area contributed by atoms with E-state index in [1.807, 2.05) is 24.3 Å². The van der Waals surface area contributed by atoms with E-state index in [4.69, 9.17) is 11.5 Å². The molecule has 0 spiro atoms. The average molecular weight is 491 g/mol. The minimum absolute atomic E-state index is 0.197. The zero-order chi connectivity index (χ0) is 26.0. The maximum Gasteiger partial charge on any atom is 0.326 e. The molecule has 0 aliphatic heterocycles. The van der Waals surface area contributed by atoms with Gasteiger partial charge in [0, 0.05) is 17.1 Å². The van der Waals surface area contributed by atoms with Gasteiger partial charge in [-0.25, -0.2) is 4.79 Å². The van der Waals surface area contributed by atoms with Crippen molar-refractivity contribution in [1.29, 1.82) is 0 Å². The van der Waals surface area contributed by atoms with Gasteiger partial charge in [0.25, 0.3) is 0 Å². The number of carbonyl (C=O) groups is 4. The molecule has 3 amide bonds. The fraction of sp³-hybridized carbons (Fsp3) is 0.478. The van der Waals surface area contributed by atoms with Gasteiger partial charge >= 0.3 is 5.97 Å². The highest BCUT2D eigenvalue weighted by atomic mass is 16.4. The van der Waals surface area contributed by atoms with E-state index in [2.05, 4.69) is 20.9 Å². The van der Waals surface area contributed by atoms with Crippen molar-refractivity contribution >= 4 is 34.6 Å². The fourth-order valence-corrected chi connectivity index (χ4v) is 3.53. The van der Waals surface area contributed by atoms with Crippen molar-refractivity contribution in [2.75, 3.05) is 13.2 Å². The summed E-state index contributed by atoms with van der Waals surface area (Å²) in [7, 11) is 0. The summed E-state index contributed by atoms with van der Waals surface area (Å²) >= 11 is 0. The number of aliphatic hydroxyl groups excluding tert-OH is 1. The number of aromatic amines is 1. The van der Waals surface area contributed by atoms with Crippen LogP contribution < -0.4 is 27.4 Å². The van der Waals surface area contributed by atoms with Gasteiger partial charge in [0.2, 0.25) is 17.7 Å². The molecule has 0 fully saturated rings. The number of aliphatic hydroxyl groups is 1. The largest absolute Gasteiger partial charge is 0.480 e. The van der Waals surface area contributed by atoms with Crippen LogP contribution in [0.1, 0.15) is 31.7 Å². The Morgan fingerprint density at radius 2 is 1.69 bits per heavy atom. The lowest BCUT2D eigenvalue weighted by Crippen LogP contribution is -2.57. The minimum Gasteiger partial charge on any atom is -0.480 e. The van der Waals surface area contributed by atoms with E-state index in [1.165, 1.54) is 6.92 Å². The van der Waals surface area contributed by atoms with E-state index in [1.54, 1.807) is 6.20 Å². The van der Waals surface area contributed by atoms with Crippen LogP contribution in [0.15, 0.2) is 30.5 Å². The number of carboxylic acids is 1. The van der Waals surface area contributed by atoms with Crippen LogP contribution in [-0.4, -0.2) is 76.2 Å². The van der Waals surface area contributed by atoms with Crippen LogP contribution in [0, 0.1) is 0 Å². The molecule has 192 valence electrons. The maximum atomic E-state index is 12.6. The lowest BCUT2D eigenvalue weighted by Gasteiger charge is -2.22. The summed E-state index contributed by atoms with van der Waals surface area (Å²) < 4.78 is 0. The molecule has 1 aromatic carbocycles. The van der Waals surface area contributed by atoms with Gasteiger partial charge in [0.05, 0.1) is 12.6 Å². The maximum absolute atomic E-state index is 12.6. The van der Waals surface area contributed by atoms with E-state index in [0.29, 0.717) is 19.4 Å². The number of carbonyl (C=O) groups excluding carboxylic acids is 3. The van der Waals surface area contributed by atoms with E-state index in [-0.39, 0.29) is 12.8 Å². The van der Waals surface area contributed by atoms with Crippen LogP contribution in [0.2, 0.25) is 0 Å². The Morgan fingerprint density at radius 1 is 1.00 bits per heavy atom. The molecule has 12 heteroatoms. The van der Waals surface area contributed by atoms with Gasteiger partial charge < -0.3 is 42.6 Å². The molecule has 4 atom stereocenters. The van der Waals surface area contributed by atoms with Crippen LogP contribution in [0.3, 0.4) is 0 Å².